The summed E-state index contributed by atoms with van der Waals surface area (Å²) in [4.78, 5) is 7.17. The molecule has 116 valence electrons. The summed E-state index contributed by atoms with van der Waals surface area (Å²) in [5, 5.41) is 3.53. The molecule has 1 aliphatic heterocycles. The van der Waals surface area contributed by atoms with Gasteiger partial charge in [-0.1, -0.05) is 12.8 Å². The maximum atomic E-state index is 4.53. The van der Waals surface area contributed by atoms with E-state index in [0.717, 1.165) is 24.2 Å². The summed E-state index contributed by atoms with van der Waals surface area (Å²) < 4.78 is 0. The average Bonchev–Trinajstić information content (AvgIpc) is 2.89. The van der Waals surface area contributed by atoms with Crippen LogP contribution in [0.15, 0.2) is 18.3 Å². The largest absolute Gasteiger partial charge is 0.368 e. The van der Waals surface area contributed by atoms with Crippen LogP contribution in [0.3, 0.4) is 0 Å². The molecule has 2 unspecified atom stereocenters. The van der Waals surface area contributed by atoms with E-state index in [4.69, 9.17) is 0 Å². The summed E-state index contributed by atoms with van der Waals surface area (Å²) in [5.41, 5.74) is 2.67. The molecule has 0 bridgehead atoms. The average molecular weight is 287 g/mol. The molecule has 1 saturated heterocycles. The van der Waals surface area contributed by atoms with Gasteiger partial charge in [-0.15, -0.1) is 0 Å². The van der Waals surface area contributed by atoms with Gasteiger partial charge >= 0.3 is 0 Å². The Hall–Kier alpha value is -1.09. The Morgan fingerprint density at radius 3 is 2.86 bits per heavy atom. The minimum atomic E-state index is 0.139. The van der Waals surface area contributed by atoms with Crippen molar-refractivity contribution in [3.63, 3.8) is 0 Å². The molecule has 0 aromatic carbocycles. The number of aromatic nitrogens is 1. The van der Waals surface area contributed by atoms with E-state index < -0.39 is 0 Å². The molecule has 0 spiro atoms. The first-order valence-corrected chi connectivity index (χ1v) is 8.49. The van der Waals surface area contributed by atoms with Gasteiger partial charge in [-0.25, -0.2) is 0 Å². The lowest BCUT2D eigenvalue weighted by atomic mass is 9.85. The van der Waals surface area contributed by atoms with Crippen LogP contribution in [-0.4, -0.2) is 23.1 Å². The lowest BCUT2D eigenvalue weighted by molar-refractivity contribution is 0.342. The second-order valence-electron chi connectivity index (χ2n) is 7.70. The SMILES string of the molecule is CC(C)(C)NCc1cc(N2CCC3CCCCC32)ccn1. The molecular weight excluding hydrogens is 258 g/mol. The lowest BCUT2D eigenvalue weighted by Gasteiger charge is -2.33. The van der Waals surface area contributed by atoms with Crippen LogP contribution in [0.5, 0.6) is 0 Å². The van der Waals surface area contributed by atoms with Crippen LogP contribution in [0.2, 0.25) is 0 Å². The summed E-state index contributed by atoms with van der Waals surface area (Å²) in [6, 6.07) is 5.26. The van der Waals surface area contributed by atoms with E-state index >= 15 is 0 Å². The number of hydrogen-bond donors (Lipinski definition) is 1. The van der Waals surface area contributed by atoms with Crippen molar-refractivity contribution in [1.82, 2.24) is 10.3 Å². The van der Waals surface area contributed by atoms with Crippen molar-refractivity contribution in [2.24, 2.45) is 5.92 Å². The highest BCUT2D eigenvalue weighted by Crippen LogP contribution is 2.38. The summed E-state index contributed by atoms with van der Waals surface area (Å²) in [7, 11) is 0. The van der Waals surface area contributed by atoms with Gasteiger partial charge in [0.05, 0.1) is 5.69 Å². The smallest absolute Gasteiger partial charge is 0.0562 e. The molecular formula is C18H29N3. The van der Waals surface area contributed by atoms with E-state index in [-0.39, 0.29) is 5.54 Å². The van der Waals surface area contributed by atoms with Gasteiger partial charge in [0, 0.05) is 36.6 Å². The normalized spacial score (nSPS) is 26.0. The van der Waals surface area contributed by atoms with Gasteiger partial charge < -0.3 is 10.2 Å². The molecule has 0 radical (unpaired) electrons. The highest BCUT2D eigenvalue weighted by molar-refractivity contribution is 5.49. The second-order valence-corrected chi connectivity index (χ2v) is 7.70. The highest BCUT2D eigenvalue weighted by atomic mass is 15.2. The molecule has 1 aromatic heterocycles. The molecule has 21 heavy (non-hydrogen) atoms. The van der Waals surface area contributed by atoms with E-state index in [2.05, 4.69) is 48.1 Å². The van der Waals surface area contributed by atoms with E-state index in [1.165, 1.54) is 44.3 Å². The quantitative estimate of drug-likeness (QED) is 0.918. The fraction of sp³-hybridized carbons (Fsp3) is 0.722. The summed E-state index contributed by atoms with van der Waals surface area (Å²) in [6.45, 7) is 8.67. The third kappa shape index (κ3) is 3.57. The van der Waals surface area contributed by atoms with Gasteiger partial charge in [0.15, 0.2) is 0 Å². The van der Waals surface area contributed by atoms with Gasteiger partial charge in [0.1, 0.15) is 0 Å². The molecule has 1 aliphatic carbocycles. The number of pyridine rings is 1. The van der Waals surface area contributed by atoms with Crippen molar-refractivity contribution in [2.45, 2.75) is 71.0 Å². The van der Waals surface area contributed by atoms with E-state index in [1.54, 1.807) is 0 Å². The predicted octanol–water partition coefficient (Wildman–Crippen LogP) is 3.74. The van der Waals surface area contributed by atoms with Crippen molar-refractivity contribution in [3.05, 3.63) is 24.0 Å². The minimum absolute atomic E-state index is 0.139. The zero-order valence-electron chi connectivity index (χ0n) is 13.7. The fourth-order valence-electron chi connectivity index (χ4n) is 3.82. The predicted molar refractivity (Wildman–Crippen MR) is 88.5 cm³/mol. The summed E-state index contributed by atoms with van der Waals surface area (Å²) in [6.07, 6.45) is 9.01. The molecule has 3 heteroatoms. The van der Waals surface area contributed by atoms with Crippen molar-refractivity contribution >= 4 is 5.69 Å². The first-order chi connectivity index (χ1) is 10.0. The molecule has 3 nitrogen and oxygen atoms in total. The van der Waals surface area contributed by atoms with E-state index in [0.29, 0.717) is 0 Å². The zero-order chi connectivity index (χ0) is 14.9. The summed E-state index contributed by atoms with van der Waals surface area (Å²) >= 11 is 0. The zero-order valence-corrected chi connectivity index (χ0v) is 13.7. The third-order valence-electron chi connectivity index (χ3n) is 4.94. The van der Waals surface area contributed by atoms with Crippen LogP contribution >= 0.6 is 0 Å². The lowest BCUT2D eigenvalue weighted by Crippen LogP contribution is -2.36. The maximum absolute atomic E-state index is 4.53. The van der Waals surface area contributed by atoms with Crippen LogP contribution in [-0.2, 0) is 6.54 Å². The Labute approximate surface area is 129 Å². The molecule has 0 amide bonds. The second kappa shape index (κ2) is 5.96. The number of fused-ring (bicyclic) bond motifs is 1. The Balaban J connectivity index is 1.71. The fourth-order valence-corrected chi connectivity index (χ4v) is 3.82. The van der Waals surface area contributed by atoms with E-state index in [9.17, 15) is 0 Å². The molecule has 1 aromatic rings. The number of hydrogen-bond acceptors (Lipinski definition) is 3. The Morgan fingerprint density at radius 1 is 1.24 bits per heavy atom. The first kappa shape index (κ1) is 14.8. The van der Waals surface area contributed by atoms with Crippen LogP contribution in [0, 0.1) is 5.92 Å². The van der Waals surface area contributed by atoms with Crippen LogP contribution in [0.4, 0.5) is 5.69 Å². The van der Waals surface area contributed by atoms with Crippen molar-refractivity contribution in [2.75, 3.05) is 11.4 Å². The monoisotopic (exact) mass is 287 g/mol. The van der Waals surface area contributed by atoms with Gasteiger partial charge in [-0.05, 0) is 58.1 Å². The molecule has 3 rings (SSSR count). The Morgan fingerprint density at radius 2 is 2.05 bits per heavy atom. The topological polar surface area (TPSA) is 28.2 Å². The molecule has 2 heterocycles. The van der Waals surface area contributed by atoms with Gasteiger partial charge in [-0.2, -0.15) is 0 Å². The Bertz CT molecular complexity index is 478. The first-order valence-electron chi connectivity index (χ1n) is 8.49. The van der Waals surface area contributed by atoms with Crippen molar-refractivity contribution in [1.29, 1.82) is 0 Å². The molecule has 2 aliphatic rings. The molecule has 2 atom stereocenters. The molecule has 2 fully saturated rings. The number of rotatable bonds is 3. The van der Waals surface area contributed by atoms with Crippen molar-refractivity contribution in [3.8, 4) is 0 Å². The van der Waals surface area contributed by atoms with Crippen LogP contribution < -0.4 is 10.2 Å². The number of nitrogens with one attached hydrogen (secondary N) is 1. The Kier molecular flexibility index (Phi) is 4.21. The van der Waals surface area contributed by atoms with Crippen LogP contribution in [0.25, 0.3) is 0 Å². The van der Waals surface area contributed by atoms with Gasteiger partial charge in [-0.3, -0.25) is 4.98 Å². The van der Waals surface area contributed by atoms with Gasteiger partial charge in [0.2, 0.25) is 0 Å². The highest BCUT2D eigenvalue weighted by Gasteiger charge is 2.35. The van der Waals surface area contributed by atoms with Crippen LogP contribution in [0.1, 0.15) is 58.6 Å². The maximum Gasteiger partial charge on any atom is 0.0562 e. The summed E-state index contributed by atoms with van der Waals surface area (Å²) in [5.74, 6) is 0.933. The molecule has 1 N–H and O–H groups in total. The van der Waals surface area contributed by atoms with E-state index in [1.807, 2.05) is 6.20 Å². The van der Waals surface area contributed by atoms with Gasteiger partial charge in [0.25, 0.3) is 0 Å². The minimum Gasteiger partial charge on any atom is -0.368 e. The molecule has 1 saturated carbocycles. The standard InChI is InChI=1S/C18H29N3/c1-18(2,3)20-13-15-12-16(8-10-19-15)21-11-9-14-6-4-5-7-17(14)21/h8,10,12,14,17,20H,4-7,9,11,13H2,1-3H3. The third-order valence-corrected chi connectivity index (χ3v) is 4.94. The number of anilines is 1. The van der Waals surface area contributed by atoms with Crippen molar-refractivity contribution < 1.29 is 0 Å². The number of nitrogens with zero attached hydrogens (tertiary/aromatic N) is 2.